The van der Waals surface area contributed by atoms with Gasteiger partial charge in [0, 0.05) is 10.7 Å². The molecule has 5 nitrogen and oxygen atoms in total. The summed E-state index contributed by atoms with van der Waals surface area (Å²) >= 11 is 0.795. The zero-order chi connectivity index (χ0) is 13.3. The van der Waals surface area contributed by atoms with Crippen LogP contribution < -0.4 is 5.32 Å². The van der Waals surface area contributed by atoms with Crippen LogP contribution in [0.1, 0.15) is 5.56 Å². The van der Waals surface area contributed by atoms with Crippen LogP contribution in [0.15, 0.2) is 34.1 Å². The quantitative estimate of drug-likeness (QED) is 0.667. The summed E-state index contributed by atoms with van der Waals surface area (Å²) in [7, 11) is 1.41. The van der Waals surface area contributed by atoms with Gasteiger partial charge in [0.05, 0.1) is 9.80 Å². The third-order valence-corrected chi connectivity index (χ3v) is 4.28. The zero-order valence-corrected chi connectivity index (χ0v) is 11.1. The Labute approximate surface area is 112 Å². The van der Waals surface area contributed by atoms with E-state index in [2.05, 4.69) is 5.32 Å². The summed E-state index contributed by atoms with van der Waals surface area (Å²) < 4.78 is 22.0. The first kappa shape index (κ1) is 13.1. The lowest BCUT2D eigenvalue weighted by atomic mass is 10.2. The summed E-state index contributed by atoms with van der Waals surface area (Å²) in [6, 6.07) is 5.65. The lowest BCUT2D eigenvalue weighted by molar-refractivity contribution is -0.115. The molecule has 1 fully saturated rings. The first-order valence-electron chi connectivity index (χ1n) is 4.66. The van der Waals surface area contributed by atoms with Crippen molar-refractivity contribution in [2.24, 2.45) is 0 Å². The molecule has 0 unspecified atom stereocenters. The molecule has 18 heavy (non-hydrogen) atoms. The maximum atomic E-state index is 11.3. The van der Waals surface area contributed by atoms with Crippen molar-refractivity contribution in [3.63, 3.8) is 0 Å². The topological polar surface area (TPSA) is 80.3 Å². The number of nitrogens with one attached hydrogen (secondary N) is 1. The molecule has 1 aliphatic rings. The second-order valence-electron chi connectivity index (χ2n) is 3.36. The van der Waals surface area contributed by atoms with Crippen LogP contribution in [0.4, 0.5) is 4.79 Å². The summed E-state index contributed by atoms with van der Waals surface area (Å²) in [5, 5.41) is 1.70. The Morgan fingerprint density at radius 3 is 2.22 bits per heavy atom. The second kappa shape index (κ2) is 4.75. The van der Waals surface area contributed by atoms with E-state index < -0.39 is 20.2 Å². The van der Waals surface area contributed by atoms with Crippen LogP contribution in [-0.2, 0) is 13.8 Å². The predicted molar refractivity (Wildman–Crippen MR) is 68.6 cm³/mol. The fourth-order valence-corrected chi connectivity index (χ4v) is 2.75. The number of carbonyl (C=O) groups is 2. The normalized spacial score (nSPS) is 18.2. The van der Waals surface area contributed by atoms with E-state index in [1.165, 1.54) is 30.3 Å². The highest BCUT2D eigenvalue weighted by Gasteiger charge is 2.24. The van der Waals surface area contributed by atoms with Gasteiger partial charge in [-0.15, -0.1) is 0 Å². The molecule has 0 radical (unpaired) electrons. The number of hydrogen-bond donors (Lipinski definition) is 1. The third-order valence-electron chi connectivity index (χ3n) is 2.10. The minimum atomic E-state index is -3.75. The van der Waals surface area contributed by atoms with Crippen molar-refractivity contribution in [2.45, 2.75) is 4.90 Å². The van der Waals surface area contributed by atoms with Crippen LogP contribution in [0.25, 0.3) is 6.08 Å². The number of carbonyl (C=O) groups excluding carboxylic acids is 2. The maximum absolute atomic E-state index is 11.3. The minimum Gasteiger partial charge on any atom is -0.282 e. The summed E-state index contributed by atoms with van der Waals surface area (Å²) in [6.07, 6.45) is 1.50. The van der Waals surface area contributed by atoms with Crippen LogP contribution in [-0.4, -0.2) is 19.6 Å². The van der Waals surface area contributed by atoms with Gasteiger partial charge in [0.1, 0.15) is 0 Å². The molecule has 2 amide bonds. The Morgan fingerprint density at radius 2 is 1.78 bits per heavy atom. The number of amides is 2. The van der Waals surface area contributed by atoms with Gasteiger partial charge < -0.3 is 0 Å². The number of benzene rings is 1. The average Bonchev–Trinajstić information content (AvgIpc) is 2.57. The summed E-state index contributed by atoms with van der Waals surface area (Å²) in [5.74, 6) is -0.459. The smallest absolute Gasteiger partial charge is 0.282 e. The van der Waals surface area contributed by atoms with E-state index in [0.717, 1.165) is 11.8 Å². The summed E-state index contributed by atoms with van der Waals surface area (Å²) in [6.45, 7) is 0. The minimum absolute atomic E-state index is 0.0223. The molecule has 0 spiro atoms. The number of imide groups is 1. The molecular formula is C10H6ClNO4S2. The number of rotatable bonds is 2. The van der Waals surface area contributed by atoms with Gasteiger partial charge in [0.15, 0.2) is 0 Å². The van der Waals surface area contributed by atoms with Gasteiger partial charge in [-0.3, -0.25) is 14.9 Å². The molecule has 2 rings (SSSR count). The molecular weight excluding hydrogens is 298 g/mol. The van der Waals surface area contributed by atoms with Crippen molar-refractivity contribution >= 4 is 48.7 Å². The van der Waals surface area contributed by atoms with Crippen LogP contribution in [0.2, 0.25) is 0 Å². The maximum Gasteiger partial charge on any atom is 0.290 e. The lowest BCUT2D eigenvalue weighted by Crippen LogP contribution is -2.17. The van der Waals surface area contributed by atoms with Crippen LogP contribution in [0, 0.1) is 0 Å². The van der Waals surface area contributed by atoms with E-state index in [-0.39, 0.29) is 9.80 Å². The first-order chi connectivity index (χ1) is 8.36. The fourth-order valence-electron chi connectivity index (χ4n) is 1.30. The predicted octanol–water partition coefficient (Wildman–Crippen LogP) is 1.94. The molecule has 1 aromatic rings. The average molecular weight is 304 g/mol. The first-order valence-corrected chi connectivity index (χ1v) is 7.78. The van der Waals surface area contributed by atoms with Gasteiger partial charge in [-0.2, -0.15) is 0 Å². The standard InChI is InChI=1S/C10H6ClNO4S2/c11-18(15,16)7-3-1-6(2-4-7)5-8-9(13)12-10(14)17-8/h1-5H,(H,12,13,14). The molecule has 0 aromatic heterocycles. The van der Waals surface area contributed by atoms with E-state index >= 15 is 0 Å². The van der Waals surface area contributed by atoms with Gasteiger partial charge in [0.25, 0.3) is 20.2 Å². The van der Waals surface area contributed by atoms with E-state index in [0.29, 0.717) is 5.56 Å². The van der Waals surface area contributed by atoms with Gasteiger partial charge in [-0.1, -0.05) is 12.1 Å². The third kappa shape index (κ3) is 2.92. The fraction of sp³-hybridized carbons (Fsp3) is 0. The van der Waals surface area contributed by atoms with Gasteiger partial charge >= 0.3 is 0 Å². The Hall–Kier alpha value is -1.31. The molecule has 0 aliphatic carbocycles. The van der Waals surface area contributed by atoms with Gasteiger partial charge in [-0.25, -0.2) is 8.42 Å². The van der Waals surface area contributed by atoms with Gasteiger partial charge in [0.2, 0.25) is 0 Å². The molecule has 1 aliphatic heterocycles. The molecule has 0 bridgehead atoms. The molecule has 1 aromatic carbocycles. The Morgan fingerprint density at radius 1 is 1.17 bits per heavy atom. The Kier molecular flexibility index (Phi) is 3.47. The summed E-state index contributed by atoms with van der Waals surface area (Å²) in [5.41, 5.74) is 0.603. The van der Waals surface area contributed by atoms with Crippen molar-refractivity contribution in [3.8, 4) is 0 Å². The van der Waals surface area contributed by atoms with E-state index in [1.54, 1.807) is 0 Å². The molecule has 1 saturated heterocycles. The molecule has 0 atom stereocenters. The number of hydrogen-bond acceptors (Lipinski definition) is 5. The van der Waals surface area contributed by atoms with Gasteiger partial charge in [-0.05, 0) is 35.5 Å². The molecule has 1 N–H and O–H groups in total. The van der Waals surface area contributed by atoms with E-state index in [1.807, 2.05) is 0 Å². The molecule has 8 heteroatoms. The summed E-state index contributed by atoms with van der Waals surface area (Å²) in [4.78, 5) is 22.5. The number of thioether (sulfide) groups is 1. The van der Waals surface area contributed by atoms with E-state index in [4.69, 9.17) is 10.7 Å². The van der Waals surface area contributed by atoms with E-state index in [9.17, 15) is 18.0 Å². The zero-order valence-electron chi connectivity index (χ0n) is 8.71. The number of halogens is 1. The SMILES string of the molecule is O=C1NC(=O)C(=Cc2ccc(S(=O)(=O)Cl)cc2)S1. The van der Waals surface area contributed by atoms with Crippen molar-refractivity contribution in [1.82, 2.24) is 5.32 Å². The van der Waals surface area contributed by atoms with Crippen LogP contribution in [0.5, 0.6) is 0 Å². The molecule has 1 heterocycles. The van der Waals surface area contributed by atoms with Crippen molar-refractivity contribution in [1.29, 1.82) is 0 Å². The largest absolute Gasteiger partial charge is 0.290 e. The monoisotopic (exact) mass is 303 g/mol. The van der Waals surface area contributed by atoms with Crippen molar-refractivity contribution in [2.75, 3.05) is 0 Å². The van der Waals surface area contributed by atoms with Crippen LogP contribution in [0.3, 0.4) is 0 Å². The molecule has 94 valence electrons. The Bertz CT molecular complexity index is 649. The molecule has 0 saturated carbocycles. The highest BCUT2D eigenvalue weighted by Crippen LogP contribution is 2.26. The highest BCUT2D eigenvalue weighted by atomic mass is 35.7. The highest BCUT2D eigenvalue weighted by molar-refractivity contribution is 8.18. The Balaban J connectivity index is 2.29. The van der Waals surface area contributed by atoms with Crippen molar-refractivity contribution in [3.05, 3.63) is 34.7 Å². The van der Waals surface area contributed by atoms with Crippen LogP contribution >= 0.6 is 22.4 Å². The lowest BCUT2D eigenvalue weighted by Gasteiger charge is -1.97. The van der Waals surface area contributed by atoms with Crippen molar-refractivity contribution < 1.29 is 18.0 Å². The second-order valence-corrected chi connectivity index (χ2v) is 6.94.